The lowest BCUT2D eigenvalue weighted by atomic mass is 9.98. The molecule has 0 saturated carbocycles. The molecule has 0 bridgehead atoms. The number of carbonyl (C=O) groups is 3. The molecule has 1 aliphatic rings. The Morgan fingerprint density at radius 3 is 2.59 bits per heavy atom. The van der Waals surface area contributed by atoms with E-state index in [1.807, 2.05) is 0 Å². The van der Waals surface area contributed by atoms with E-state index in [0.29, 0.717) is 0 Å². The van der Waals surface area contributed by atoms with Crippen LogP contribution in [-0.4, -0.2) is 35.5 Å². The highest BCUT2D eigenvalue weighted by Gasteiger charge is 2.35. The maximum absolute atomic E-state index is 11.7. The second kappa shape index (κ2) is 3.82. The number of benzene rings is 1. The molecular formula is C11H7NO5. The number of aliphatic imine (C=N–C) groups is 1. The van der Waals surface area contributed by atoms with Crippen LogP contribution in [0.15, 0.2) is 23.2 Å². The molecule has 0 amide bonds. The third-order valence-electron chi connectivity index (χ3n) is 2.31. The fourth-order valence-corrected chi connectivity index (χ4v) is 1.55. The lowest BCUT2D eigenvalue weighted by Crippen LogP contribution is -2.33. The summed E-state index contributed by atoms with van der Waals surface area (Å²) in [6.07, 6.45) is 0. The van der Waals surface area contributed by atoms with Gasteiger partial charge >= 0.3 is 5.97 Å². The summed E-state index contributed by atoms with van der Waals surface area (Å²) in [5.74, 6) is -3.36. The summed E-state index contributed by atoms with van der Waals surface area (Å²) in [5.41, 5.74) is -0.632. The van der Waals surface area contributed by atoms with Crippen LogP contribution in [-0.2, 0) is 9.59 Å². The third kappa shape index (κ3) is 1.59. The summed E-state index contributed by atoms with van der Waals surface area (Å²) in [4.78, 5) is 37.6. The van der Waals surface area contributed by atoms with Gasteiger partial charge in [-0.2, -0.15) is 0 Å². The number of rotatable bonds is 2. The number of hydrogen-bond acceptors (Lipinski definition) is 5. The molecule has 6 heteroatoms. The minimum absolute atomic E-state index is 0.00463. The van der Waals surface area contributed by atoms with Gasteiger partial charge in [-0.1, -0.05) is 6.07 Å². The standard InChI is InChI=1S/C11H7NO5/c1-17-6-4-2-3-5-7(6)9(13)10(14)8(12-5)11(15)16/h2-4H,1H3,(H,15,16). The third-order valence-corrected chi connectivity index (χ3v) is 2.31. The second-order valence-electron chi connectivity index (χ2n) is 3.28. The van der Waals surface area contributed by atoms with E-state index in [0.717, 1.165) is 0 Å². The van der Waals surface area contributed by atoms with Crippen LogP contribution in [0.4, 0.5) is 5.69 Å². The van der Waals surface area contributed by atoms with Gasteiger partial charge in [-0.15, -0.1) is 0 Å². The topological polar surface area (TPSA) is 93.0 Å². The molecule has 0 spiro atoms. The molecule has 6 nitrogen and oxygen atoms in total. The number of nitrogens with zero attached hydrogens (tertiary/aromatic N) is 1. The summed E-state index contributed by atoms with van der Waals surface area (Å²) >= 11 is 0. The van der Waals surface area contributed by atoms with Crippen molar-refractivity contribution in [2.75, 3.05) is 7.11 Å². The van der Waals surface area contributed by atoms with Gasteiger partial charge in [0.1, 0.15) is 5.75 Å². The number of Topliss-reactive ketones (excluding diaryl/α,β-unsaturated/α-hetero) is 2. The molecule has 1 N–H and O–H groups in total. The number of carboxylic acids is 1. The lowest BCUT2D eigenvalue weighted by Gasteiger charge is -2.13. The van der Waals surface area contributed by atoms with Crippen LogP contribution in [0, 0.1) is 0 Å². The van der Waals surface area contributed by atoms with E-state index in [9.17, 15) is 14.4 Å². The van der Waals surface area contributed by atoms with Gasteiger partial charge in [0.25, 0.3) is 5.78 Å². The Labute approximate surface area is 95.5 Å². The molecule has 1 aliphatic heterocycles. The van der Waals surface area contributed by atoms with Gasteiger partial charge in [-0.3, -0.25) is 9.59 Å². The Hall–Kier alpha value is -2.50. The average Bonchev–Trinajstić information content (AvgIpc) is 2.32. The fraction of sp³-hybridized carbons (Fsp3) is 0.0909. The molecule has 0 aromatic heterocycles. The summed E-state index contributed by atoms with van der Waals surface area (Å²) < 4.78 is 4.94. The van der Waals surface area contributed by atoms with E-state index >= 15 is 0 Å². The monoisotopic (exact) mass is 233 g/mol. The van der Waals surface area contributed by atoms with E-state index in [1.54, 1.807) is 6.07 Å². The van der Waals surface area contributed by atoms with Crippen molar-refractivity contribution in [2.45, 2.75) is 0 Å². The van der Waals surface area contributed by atoms with E-state index in [1.165, 1.54) is 19.2 Å². The maximum atomic E-state index is 11.7. The van der Waals surface area contributed by atoms with Crippen molar-refractivity contribution >= 4 is 28.9 Å². The highest BCUT2D eigenvalue weighted by atomic mass is 16.5. The second-order valence-corrected chi connectivity index (χ2v) is 3.28. The minimum Gasteiger partial charge on any atom is -0.496 e. The van der Waals surface area contributed by atoms with E-state index in [-0.39, 0.29) is 17.0 Å². The van der Waals surface area contributed by atoms with Gasteiger partial charge in [0, 0.05) is 0 Å². The molecule has 0 aliphatic carbocycles. The lowest BCUT2D eigenvalue weighted by molar-refractivity contribution is -0.130. The Bertz CT molecular complexity index is 573. The van der Waals surface area contributed by atoms with Gasteiger partial charge in [-0.05, 0) is 12.1 Å². The molecule has 1 aromatic rings. The van der Waals surface area contributed by atoms with Crippen LogP contribution in [0.2, 0.25) is 0 Å². The normalized spacial score (nSPS) is 14.1. The van der Waals surface area contributed by atoms with Crippen molar-refractivity contribution in [3.8, 4) is 5.75 Å². The summed E-state index contributed by atoms with van der Waals surface area (Å²) in [5, 5.41) is 8.74. The highest BCUT2D eigenvalue weighted by molar-refractivity contribution is 6.81. The van der Waals surface area contributed by atoms with Crippen LogP contribution in [0.3, 0.4) is 0 Å². The molecule has 0 fully saturated rings. The van der Waals surface area contributed by atoms with Gasteiger partial charge in [0.2, 0.25) is 11.5 Å². The Kier molecular flexibility index (Phi) is 2.47. The summed E-state index contributed by atoms with van der Waals surface area (Å²) in [6, 6.07) is 4.51. The molecule has 0 saturated heterocycles. The molecule has 0 atom stereocenters. The van der Waals surface area contributed by atoms with Gasteiger partial charge in [0.15, 0.2) is 0 Å². The predicted molar refractivity (Wildman–Crippen MR) is 57.1 cm³/mol. The quantitative estimate of drug-likeness (QED) is 0.755. The molecule has 86 valence electrons. The van der Waals surface area contributed by atoms with Crippen LogP contribution < -0.4 is 4.74 Å². The SMILES string of the molecule is COc1cccc2c1C(=O)C(=O)C(C(=O)O)=N2. The maximum Gasteiger partial charge on any atom is 0.358 e. The molecule has 0 unspecified atom stereocenters. The first kappa shape index (κ1) is 11.0. The van der Waals surface area contributed by atoms with Crippen molar-refractivity contribution < 1.29 is 24.2 Å². The molecule has 2 rings (SSSR count). The Morgan fingerprint density at radius 1 is 1.29 bits per heavy atom. The van der Waals surface area contributed by atoms with Crippen LogP contribution in [0.5, 0.6) is 5.75 Å². The van der Waals surface area contributed by atoms with Gasteiger partial charge in [-0.25, -0.2) is 9.79 Å². The van der Waals surface area contributed by atoms with Crippen LogP contribution in [0.25, 0.3) is 0 Å². The smallest absolute Gasteiger partial charge is 0.358 e. The van der Waals surface area contributed by atoms with Crippen molar-refractivity contribution in [1.82, 2.24) is 0 Å². The zero-order valence-electron chi connectivity index (χ0n) is 8.76. The predicted octanol–water partition coefficient (Wildman–Crippen LogP) is 0.618. The Balaban J connectivity index is 2.71. The van der Waals surface area contributed by atoms with Crippen molar-refractivity contribution in [1.29, 1.82) is 0 Å². The van der Waals surface area contributed by atoms with E-state index < -0.39 is 23.2 Å². The summed E-state index contributed by atoms with van der Waals surface area (Å²) in [7, 11) is 1.35. The van der Waals surface area contributed by atoms with Gasteiger partial charge in [0.05, 0.1) is 18.4 Å². The Morgan fingerprint density at radius 2 is 2.00 bits per heavy atom. The van der Waals surface area contributed by atoms with Crippen LogP contribution >= 0.6 is 0 Å². The molecular weight excluding hydrogens is 226 g/mol. The van der Waals surface area contributed by atoms with Crippen molar-refractivity contribution in [3.05, 3.63) is 23.8 Å². The van der Waals surface area contributed by atoms with Crippen molar-refractivity contribution in [2.24, 2.45) is 4.99 Å². The number of methoxy groups -OCH3 is 1. The zero-order chi connectivity index (χ0) is 12.6. The number of ether oxygens (including phenoxy) is 1. The number of carbonyl (C=O) groups excluding carboxylic acids is 2. The molecule has 0 radical (unpaired) electrons. The average molecular weight is 233 g/mol. The number of aliphatic carboxylic acids is 1. The number of hydrogen-bond donors (Lipinski definition) is 1. The first-order chi connectivity index (χ1) is 8.06. The molecule has 1 aromatic carbocycles. The highest BCUT2D eigenvalue weighted by Crippen LogP contribution is 2.32. The van der Waals surface area contributed by atoms with E-state index in [2.05, 4.69) is 4.99 Å². The number of fused-ring (bicyclic) bond motifs is 1. The fourth-order valence-electron chi connectivity index (χ4n) is 1.55. The number of carboxylic acid groups (broad SMARTS) is 1. The molecule has 17 heavy (non-hydrogen) atoms. The van der Waals surface area contributed by atoms with Crippen molar-refractivity contribution in [3.63, 3.8) is 0 Å². The number of ketones is 2. The van der Waals surface area contributed by atoms with Gasteiger partial charge < -0.3 is 9.84 Å². The zero-order valence-corrected chi connectivity index (χ0v) is 8.76. The molecule has 1 heterocycles. The summed E-state index contributed by atoms with van der Waals surface area (Å²) in [6.45, 7) is 0. The van der Waals surface area contributed by atoms with Crippen LogP contribution in [0.1, 0.15) is 10.4 Å². The first-order valence-corrected chi connectivity index (χ1v) is 4.64. The largest absolute Gasteiger partial charge is 0.496 e. The minimum atomic E-state index is -1.52. The van der Waals surface area contributed by atoms with E-state index in [4.69, 9.17) is 9.84 Å². The first-order valence-electron chi connectivity index (χ1n) is 4.64.